The third-order valence-corrected chi connectivity index (χ3v) is 5.18. The number of carboxylic acids is 1. The van der Waals surface area contributed by atoms with E-state index in [4.69, 9.17) is 0 Å². The first kappa shape index (κ1) is 27.1. The molecule has 0 heterocycles. The van der Waals surface area contributed by atoms with Gasteiger partial charge in [0.05, 0.1) is 16.5 Å². The van der Waals surface area contributed by atoms with Gasteiger partial charge in [-0.05, 0) is 67.4 Å². The van der Waals surface area contributed by atoms with Crippen LogP contribution in [-0.4, -0.2) is 18.1 Å². The fourth-order valence-electron chi connectivity index (χ4n) is 3.33. The summed E-state index contributed by atoms with van der Waals surface area (Å²) in [6.45, 7) is 1.63. The van der Waals surface area contributed by atoms with Crippen molar-refractivity contribution in [3.05, 3.63) is 88.8 Å². The highest BCUT2D eigenvalue weighted by Crippen LogP contribution is 2.41. The van der Waals surface area contributed by atoms with Crippen molar-refractivity contribution in [2.45, 2.75) is 32.2 Å². The number of rotatable bonds is 4. The summed E-state index contributed by atoms with van der Waals surface area (Å²) >= 11 is 0. The van der Waals surface area contributed by atoms with Crippen LogP contribution in [0.4, 0.5) is 30.7 Å². The van der Waals surface area contributed by atoms with Crippen molar-refractivity contribution in [1.82, 2.24) is 5.32 Å². The number of carbonyl (C=O) groups is 1. The lowest BCUT2D eigenvalue weighted by molar-refractivity contribution is -0.145. The van der Waals surface area contributed by atoms with Gasteiger partial charge in [0.25, 0.3) is 0 Å². The highest BCUT2D eigenvalue weighted by molar-refractivity contribution is 5.93. The molecule has 0 amide bonds. The predicted molar refractivity (Wildman–Crippen MR) is 113 cm³/mol. The summed E-state index contributed by atoms with van der Waals surface area (Å²) in [6, 6.07) is 7.42. The fourth-order valence-corrected chi connectivity index (χ4v) is 3.33. The molecule has 10 heteroatoms. The molecule has 2 aromatic carbocycles. The topological polar surface area (TPSA) is 49.3 Å². The first-order valence-electron chi connectivity index (χ1n) is 9.98. The van der Waals surface area contributed by atoms with Crippen LogP contribution in [0.15, 0.2) is 60.7 Å². The summed E-state index contributed by atoms with van der Waals surface area (Å²) in [5, 5.41) is 11.8. The van der Waals surface area contributed by atoms with E-state index >= 15 is 0 Å². The molecule has 2 aromatic rings. The van der Waals surface area contributed by atoms with Crippen LogP contribution < -0.4 is 5.32 Å². The van der Waals surface area contributed by atoms with E-state index in [1.165, 1.54) is 19.2 Å². The maximum atomic E-state index is 12.9. The number of hydrogen-bond donors (Lipinski definition) is 2. The molecule has 3 rings (SSSR count). The zero-order valence-corrected chi connectivity index (χ0v) is 18.2. The Bertz CT molecular complexity index is 1040. The quantitative estimate of drug-likeness (QED) is 0.470. The molecule has 0 spiro atoms. The zero-order valence-electron chi connectivity index (χ0n) is 18.2. The number of carboxylic acid groups (broad SMARTS) is 1. The van der Waals surface area contributed by atoms with Crippen LogP contribution in [-0.2, 0) is 23.7 Å². The summed E-state index contributed by atoms with van der Waals surface area (Å²) in [6.07, 6.45) is -3.67. The molecular weight excluding hydrogens is 467 g/mol. The number of alkyl halides is 6. The van der Waals surface area contributed by atoms with Gasteiger partial charge in [-0.2, -0.15) is 26.3 Å². The minimum absolute atomic E-state index is 0.0605. The van der Waals surface area contributed by atoms with Crippen molar-refractivity contribution in [2.24, 2.45) is 5.41 Å². The Morgan fingerprint density at radius 3 is 1.97 bits per heavy atom. The standard InChI is InChI=1S/C14H13FO2.C10H9F6N/c1-14(13(16)17)9-3-2-4-12(14)10-5-7-11(15)8-6-10;1-17-5-6-2-7(9(11,12)13)4-8(3-6)10(14,15)16/h2-8H,9H2,1H3,(H,16,17);2-4,17H,5H2,1H3. The summed E-state index contributed by atoms with van der Waals surface area (Å²) in [4.78, 5) is 11.4. The molecule has 0 aliphatic heterocycles. The van der Waals surface area contributed by atoms with E-state index in [2.05, 4.69) is 5.32 Å². The Morgan fingerprint density at radius 2 is 1.53 bits per heavy atom. The summed E-state index contributed by atoms with van der Waals surface area (Å²) in [7, 11) is 1.44. The second kappa shape index (κ2) is 10.4. The van der Waals surface area contributed by atoms with Crippen LogP contribution in [0.1, 0.15) is 35.6 Å². The van der Waals surface area contributed by atoms with Gasteiger partial charge in [0.1, 0.15) is 5.82 Å². The molecule has 0 saturated carbocycles. The first-order chi connectivity index (χ1) is 15.7. The molecule has 1 atom stereocenters. The first-order valence-corrected chi connectivity index (χ1v) is 9.98. The van der Waals surface area contributed by atoms with E-state index in [1.807, 2.05) is 12.2 Å². The minimum Gasteiger partial charge on any atom is -0.481 e. The normalized spacial score (nSPS) is 18.1. The third-order valence-electron chi connectivity index (χ3n) is 5.18. The van der Waals surface area contributed by atoms with Gasteiger partial charge in [-0.3, -0.25) is 4.79 Å². The largest absolute Gasteiger partial charge is 0.481 e. The van der Waals surface area contributed by atoms with Gasteiger partial charge in [-0.1, -0.05) is 30.4 Å². The lowest BCUT2D eigenvalue weighted by Crippen LogP contribution is -2.29. The molecule has 184 valence electrons. The molecule has 0 aromatic heterocycles. The highest BCUT2D eigenvalue weighted by atomic mass is 19.4. The lowest BCUT2D eigenvalue weighted by atomic mass is 9.73. The molecule has 0 radical (unpaired) electrons. The predicted octanol–water partition coefficient (Wildman–Crippen LogP) is 6.70. The number of halogens is 7. The molecule has 0 fully saturated rings. The van der Waals surface area contributed by atoms with Crippen molar-refractivity contribution < 1.29 is 40.6 Å². The molecule has 0 bridgehead atoms. The van der Waals surface area contributed by atoms with Gasteiger partial charge in [-0.15, -0.1) is 0 Å². The van der Waals surface area contributed by atoms with Gasteiger partial charge < -0.3 is 10.4 Å². The Kier molecular flexibility index (Phi) is 8.31. The van der Waals surface area contributed by atoms with Crippen LogP contribution in [0.3, 0.4) is 0 Å². The Morgan fingerprint density at radius 1 is 1.00 bits per heavy atom. The van der Waals surface area contributed by atoms with Gasteiger partial charge in [0, 0.05) is 6.54 Å². The average molecular weight is 489 g/mol. The smallest absolute Gasteiger partial charge is 0.416 e. The Labute approximate surface area is 191 Å². The van der Waals surface area contributed by atoms with Crippen molar-refractivity contribution >= 4 is 11.5 Å². The molecule has 0 saturated heterocycles. The number of aliphatic carboxylic acids is 1. The van der Waals surface area contributed by atoms with Crippen molar-refractivity contribution in [3.63, 3.8) is 0 Å². The number of benzene rings is 2. The van der Waals surface area contributed by atoms with Gasteiger partial charge in [0.15, 0.2) is 0 Å². The maximum Gasteiger partial charge on any atom is 0.416 e. The monoisotopic (exact) mass is 489 g/mol. The van der Waals surface area contributed by atoms with Gasteiger partial charge in [0.2, 0.25) is 0 Å². The number of allylic oxidation sites excluding steroid dienone is 3. The zero-order chi connectivity index (χ0) is 25.7. The van der Waals surface area contributed by atoms with Crippen LogP contribution in [0.25, 0.3) is 5.57 Å². The van der Waals surface area contributed by atoms with E-state index in [0.29, 0.717) is 24.1 Å². The molecule has 1 aliphatic carbocycles. The minimum atomic E-state index is -4.79. The SMILES string of the molecule is CC1(C(=O)O)CC=CC=C1c1ccc(F)cc1.CNCc1cc(C(F)(F)F)cc(C(F)(F)F)c1. The second-order valence-electron chi connectivity index (χ2n) is 7.80. The van der Waals surface area contributed by atoms with E-state index in [0.717, 1.165) is 5.56 Å². The van der Waals surface area contributed by atoms with Crippen LogP contribution in [0.5, 0.6) is 0 Å². The van der Waals surface area contributed by atoms with Gasteiger partial charge >= 0.3 is 18.3 Å². The van der Waals surface area contributed by atoms with E-state index < -0.39 is 34.9 Å². The molecular formula is C24H22F7NO2. The van der Waals surface area contributed by atoms with Crippen LogP contribution >= 0.6 is 0 Å². The van der Waals surface area contributed by atoms with E-state index in [9.17, 15) is 40.6 Å². The maximum absolute atomic E-state index is 12.9. The Balaban J connectivity index is 0.000000240. The van der Waals surface area contributed by atoms with E-state index in [-0.39, 0.29) is 24.0 Å². The third kappa shape index (κ3) is 6.69. The summed E-state index contributed by atoms with van der Waals surface area (Å²) < 4.78 is 87.2. The number of nitrogens with one attached hydrogen (secondary N) is 1. The molecule has 1 aliphatic rings. The second-order valence-corrected chi connectivity index (χ2v) is 7.80. The van der Waals surface area contributed by atoms with Crippen LogP contribution in [0, 0.1) is 11.2 Å². The molecule has 3 nitrogen and oxygen atoms in total. The summed E-state index contributed by atoms with van der Waals surface area (Å²) in [5.41, 5.74) is -2.12. The molecule has 1 unspecified atom stereocenters. The van der Waals surface area contributed by atoms with Crippen molar-refractivity contribution in [3.8, 4) is 0 Å². The van der Waals surface area contributed by atoms with Crippen molar-refractivity contribution in [1.29, 1.82) is 0 Å². The average Bonchev–Trinajstić information content (AvgIpc) is 2.74. The van der Waals surface area contributed by atoms with Gasteiger partial charge in [-0.25, -0.2) is 4.39 Å². The van der Waals surface area contributed by atoms with Crippen molar-refractivity contribution in [2.75, 3.05) is 7.05 Å². The molecule has 34 heavy (non-hydrogen) atoms. The number of hydrogen-bond acceptors (Lipinski definition) is 2. The highest BCUT2D eigenvalue weighted by Gasteiger charge is 2.38. The van der Waals surface area contributed by atoms with E-state index in [1.54, 1.807) is 25.1 Å². The van der Waals surface area contributed by atoms with Crippen LogP contribution in [0.2, 0.25) is 0 Å². The Hall–Kier alpha value is -3.14. The fraction of sp³-hybridized carbons (Fsp3) is 0.292. The summed E-state index contributed by atoms with van der Waals surface area (Å²) in [5.74, 6) is -1.19. The lowest BCUT2D eigenvalue weighted by Gasteiger charge is -2.29. The molecule has 2 N–H and O–H groups in total.